The topological polar surface area (TPSA) is 107 Å². The molecule has 0 aliphatic heterocycles. The summed E-state index contributed by atoms with van der Waals surface area (Å²) < 4.78 is 5.11. The lowest BCUT2D eigenvalue weighted by Gasteiger charge is -2.12. The minimum Gasteiger partial charge on any atom is -0.508 e. The van der Waals surface area contributed by atoms with Crippen LogP contribution in [0.1, 0.15) is 11.1 Å². The fourth-order valence-corrected chi connectivity index (χ4v) is 3.60. The Labute approximate surface area is 171 Å². The van der Waals surface area contributed by atoms with Gasteiger partial charge in [-0.3, -0.25) is 0 Å². The van der Waals surface area contributed by atoms with Gasteiger partial charge in [-0.2, -0.15) is 0 Å². The molecule has 0 saturated heterocycles. The average Bonchev–Trinajstić information content (AvgIpc) is 2.69. The van der Waals surface area contributed by atoms with Crippen molar-refractivity contribution in [2.45, 2.75) is 9.79 Å². The maximum absolute atomic E-state index is 12.0. The number of benzene rings is 3. The van der Waals surface area contributed by atoms with Crippen LogP contribution in [0.2, 0.25) is 0 Å². The third-order valence-corrected chi connectivity index (χ3v) is 5.21. The normalized spacial score (nSPS) is 11.3. The Kier molecular flexibility index (Phi) is 5.99. The van der Waals surface area contributed by atoms with Crippen LogP contribution in [-0.2, 0) is 4.79 Å². The quantitative estimate of drug-likeness (QED) is 0.348. The van der Waals surface area contributed by atoms with Gasteiger partial charge < -0.3 is 25.2 Å². The average molecular weight is 410 g/mol. The van der Waals surface area contributed by atoms with Crippen molar-refractivity contribution in [2.75, 3.05) is 7.11 Å². The predicted molar refractivity (Wildman–Crippen MR) is 111 cm³/mol. The molecule has 0 fully saturated rings. The number of phenolic OH excluding ortho intramolecular Hbond substituents is 3. The summed E-state index contributed by atoms with van der Waals surface area (Å²) in [6.45, 7) is 0. The van der Waals surface area contributed by atoms with Crippen molar-refractivity contribution in [1.29, 1.82) is 0 Å². The van der Waals surface area contributed by atoms with Gasteiger partial charge in [0, 0.05) is 16.5 Å². The molecule has 29 heavy (non-hydrogen) atoms. The number of aliphatic carboxylic acids is 1. The maximum atomic E-state index is 12.0. The van der Waals surface area contributed by atoms with Gasteiger partial charge in [0.2, 0.25) is 0 Å². The van der Waals surface area contributed by atoms with Crippen LogP contribution in [0.25, 0.3) is 11.6 Å². The van der Waals surface area contributed by atoms with Crippen LogP contribution in [0.3, 0.4) is 0 Å². The predicted octanol–water partition coefficient (Wildman–Crippen LogP) is 4.59. The first kappa shape index (κ1) is 20.2. The van der Waals surface area contributed by atoms with Crippen molar-refractivity contribution in [2.24, 2.45) is 0 Å². The molecule has 3 rings (SSSR count). The second-order valence-corrected chi connectivity index (χ2v) is 7.15. The molecule has 7 heteroatoms. The van der Waals surface area contributed by atoms with Gasteiger partial charge in [0.05, 0.1) is 17.6 Å². The number of aromatic hydroxyl groups is 3. The van der Waals surface area contributed by atoms with Crippen LogP contribution in [0.15, 0.2) is 70.5 Å². The Morgan fingerprint density at radius 1 is 0.897 bits per heavy atom. The highest BCUT2D eigenvalue weighted by Gasteiger charge is 2.18. The van der Waals surface area contributed by atoms with Gasteiger partial charge >= 0.3 is 5.97 Å². The largest absolute Gasteiger partial charge is 0.508 e. The minimum absolute atomic E-state index is 0.0214. The third-order valence-electron chi connectivity index (χ3n) is 4.07. The van der Waals surface area contributed by atoms with Crippen LogP contribution >= 0.6 is 11.8 Å². The summed E-state index contributed by atoms with van der Waals surface area (Å²) in [6, 6.07) is 15.4. The summed E-state index contributed by atoms with van der Waals surface area (Å²) in [5.74, 6) is -0.812. The molecule has 0 bridgehead atoms. The first-order valence-corrected chi connectivity index (χ1v) is 9.31. The summed E-state index contributed by atoms with van der Waals surface area (Å²) in [6.07, 6.45) is 1.50. The summed E-state index contributed by atoms with van der Waals surface area (Å²) >= 11 is 1.12. The first-order valence-electron chi connectivity index (χ1n) is 8.49. The summed E-state index contributed by atoms with van der Waals surface area (Å²) in [5, 5.41) is 39.2. The highest BCUT2D eigenvalue weighted by atomic mass is 32.2. The molecular formula is C22H18O6S. The SMILES string of the molecule is COc1ccc(C=C(C(=O)O)c2cc(O)ccc2Sc2ccc(O)cc2O)cc1. The Hall–Kier alpha value is -3.58. The minimum atomic E-state index is -1.16. The molecule has 0 radical (unpaired) electrons. The monoisotopic (exact) mass is 410 g/mol. The maximum Gasteiger partial charge on any atom is 0.336 e. The van der Waals surface area contributed by atoms with E-state index in [1.165, 1.54) is 36.4 Å². The molecule has 3 aromatic rings. The molecule has 0 aliphatic carbocycles. The van der Waals surface area contributed by atoms with Crippen molar-refractivity contribution in [3.05, 3.63) is 71.8 Å². The Morgan fingerprint density at radius 2 is 1.52 bits per heavy atom. The first-order chi connectivity index (χ1) is 13.9. The highest BCUT2D eigenvalue weighted by molar-refractivity contribution is 7.99. The molecule has 0 saturated carbocycles. The molecule has 0 spiro atoms. The van der Waals surface area contributed by atoms with Gasteiger partial charge in [-0.05, 0) is 54.1 Å². The zero-order valence-electron chi connectivity index (χ0n) is 15.4. The number of carboxylic acid groups (broad SMARTS) is 1. The molecule has 4 N–H and O–H groups in total. The van der Waals surface area contributed by atoms with Crippen LogP contribution in [0.5, 0.6) is 23.0 Å². The van der Waals surface area contributed by atoms with Crippen molar-refractivity contribution >= 4 is 29.4 Å². The van der Waals surface area contributed by atoms with E-state index in [0.717, 1.165) is 11.8 Å². The lowest BCUT2D eigenvalue weighted by atomic mass is 10.0. The zero-order valence-corrected chi connectivity index (χ0v) is 16.2. The van der Waals surface area contributed by atoms with E-state index in [2.05, 4.69) is 0 Å². The van der Waals surface area contributed by atoms with Crippen molar-refractivity contribution < 1.29 is 30.0 Å². The molecule has 148 valence electrons. The summed E-state index contributed by atoms with van der Waals surface area (Å²) in [5.41, 5.74) is 0.924. The van der Waals surface area contributed by atoms with Crippen molar-refractivity contribution in [3.63, 3.8) is 0 Å². The Bertz CT molecular complexity index is 1070. The van der Waals surface area contributed by atoms with E-state index in [0.29, 0.717) is 26.7 Å². The molecular weight excluding hydrogens is 392 g/mol. The Morgan fingerprint density at radius 3 is 2.10 bits per heavy atom. The second kappa shape index (κ2) is 8.62. The molecule has 0 heterocycles. The molecule has 0 aromatic heterocycles. The van der Waals surface area contributed by atoms with E-state index in [-0.39, 0.29) is 22.8 Å². The lowest BCUT2D eigenvalue weighted by Crippen LogP contribution is -2.01. The highest BCUT2D eigenvalue weighted by Crippen LogP contribution is 2.41. The van der Waals surface area contributed by atoms with E-state index in [4.69, 9.17) is 4.74 Å². The van der Waals surface area contributed by atoms with Gasteiger partial charge in [-0.15, -0.1) is 0 Å². The number of phenols is 3. The van der Waals surface area contributed by atoms with Gasteiger partial charge in [0.15, 0.2) is 0 Å². The van der Waals surface area contributed by atoms with E-state index in [9.17, 15) is 25.2 Å². The van der Waals surface area contributed by atoms with Gasteiger partial charge in [-0.25, -0.2) is 4.79 Å². The molecule has 3 aromatic carbocycles. The van der Waals surface area contributed by atoms with Crippen LogP contribution in [0, 0.1) is 0 Å². The molecule has 0 atom stereocenters. The van der Waals surface area contributed by atoms with E-state index >= 15 is 0 Å². The van der Waals surface area contributed by atoms with Gasteiger partial charge in [0.1, 0.15) is 23.0 Å². The van der Waals surface area contributed by atoms with Gasteiger partial charge in [-0.1, -0.05) is 23.9 Å². The van der Waals surface area contributed by atoms with E-state index in [1.807, 2.05) is 0 Å². The third kappa shape index (κ3) is 4.83. The number of ether oxygens (including phenoxy) is 1. The van der Waals surface area contributed by atoms with E-state index < -0.39 is 5.97 Å². The standard InChI is InChI=1S/C22H18O6S/c1-28-16-6-2-13(3-7-16)10-18(22(26)27)17-11-14(23)4-8-20(17)29-21-9-5-15(24)12-19(21)25/h2-12,23-25H,1H3,(H,26,27). The van der Waals surface area contributed by atoms with Crippen molar-refractivity contribution in [3.8, 4) is 23.0 Å². The number of rotatable bonds is 6. The molecule has 0 aliphatic rings. The fraction of sp³-hybridized carbons (Fsp3) is 0.0455. The number of hydrogen-bond acceptors (Lipinski definition) is 6. The smallest absolute Gasteiger partial charge is 0.336 e. The van der Waals surface area contributed by atoms with Crippen LogP contribution < -0.4 is 4.74 Å². The molecule has 0 amide bonds. The molecule has 0 unspecified atom stereocenters. The summed E-state index contributed by atoms with van der Waals surface area (Å²) in [4.78, 5) is 12.9. The number of carboxylic acids is 1. The van der Waals surface area contributed by atoms with Gasteiger partial charge in [0.25, 0.3) is 0 Å². The zero-order chi connectivity index (χ0) is 21.0. The number of methoxy groups -OCH3 is 1. The number of carbonyl (C=O) groups is 1. The van der Waals surface area contributed by atoms with Crippen molar-refractivity contribution in [1.82, 2.24) is 0 Å². The lowest BCUT2D eigenvalue weighted by molar-refractivity contribution is -0.130. The fourth-order valence-electron chi connectivity index (χ4n) is 2.65. The number of hydrogen-bond donors (Lipinski definition) is 4. The van der Waals surface area contributed by atoms with E-state index in [1.54, 1.807) is 37.4 Å². The van der Waals surface area contributed by atoms with Crippen LogP contribution in [0.4, 0.5) is 0 Å². The molecule has 6 nitrogen and oxygen atoms in total. The summed E-state index contributed by atoms with van der Waals surface area (Å²) in [7, 11) is 1.54. The Balaban J connectivity index is 2.07. The second-order valence-electron chi connectivity index (χ2n) is 6.07. The van der Waals surface area contributed by atoms with Crippen LogP contribution in [-0.4, -0.2) is 33.5 Å².